The number of hydrogen-bond acceptors (Lipinski definition) is 2. The normalized spacial score (nSPS) is 19.5. The van der Waals surface area contributed by atoms with Crippen molar-refractivity contribution >= 4 is 6.03 Å². The van der Waals surface area contributed by atoms with Gasteiger partial charge in [-0.1, -0.05) is 31.2 Å². The summed E-state index contributed by atoms with van der Waals surface area (Å²) in [5.41, 5.74) is 2.41. The number of nitrogens with zero attached hydrogens (tertiary/aromatic N) is 1. The Labute approximate surface area is 101 Å². The number of hydrogen-bond donors (Lipinski definition) is 2. The maximum atomic E-state index is 11.6. The minimum atomic E-state index is -0.0939. The molecule has 1 fully saturated rings. The molecule has 92 valence electrons. The number of aliphatic hydroxyl groups is 1. The lowest BCUT2D eigenvalue weighted by Gasteiger charge is -2.22. The van der Waals surface area contributed by atoms with Gasteiger partial charge in [0.25, 0.3) is 0 Å². The Morgan fingerprint density at radius 1 is 1.41 bits per heavy atom. The van der Waals surface area contributed by atoms with Crippen LogP contribution in [0.4, 0.5) is 4.79 Å². The largest absolute Gasteiger partial charge is 0.395 e. The quantitative estimate of drug-likeness (QED) is 0.825. The number of nitrogens with one attached hydrogen (secondary N) is 1. The van der Waals surface area contributed by atoms with Crippen LogP contribution in [0.5, 0.6) is 0 Å². The fourth-order valence-corrected chi connectivity index (χ4v) is 2.18. The third kappa shape index (κ3) is 2.42. The summed E-state index contributed by atoms with van der Waals surface area (Å²) in [6, 6.07) is 8.26. The molecule has 4 nitrogen and oxygen atoms in total. The highest BCUT2D eigenvalue weighted by Gasteiger charge is 2.30. The van der Waals surface area contributed by atoms with Gasteiger partial charge in [0, 0.05) is 13.1 Å². The standard InChI is InChI=1S/C13H18N2O2/c1-2-10-3-5-11(6-4-10)12-9-14-13(17)15(12)7-8-16/h3-6,12,16H,2,7-9H2,1H3,(H,14,17). The molecule has 17 heavy (non-hydrogen) atoms. The first-order chi connectivity index (χ1) is 8.26. The summed E-state index contributed by atoms with van der Waals surface area (Å²) in [6.07, 6.45) is 1.02. The van der Waals surface area contributed by atoms with Gasteiger partial charge in [-0.05, 0) is 17.5 Å². The number of aliphatic hydroxyl groups excluding tert-OH is 1. The number of benzene rings is 1. The molecule has 0 aromatic heterocycles. The molecule has 1 atom stereocenters. The number of carbonyl (C=O) groups is 1. The van der Waals surface area contributed by atoms with Crippen LogP contribution in [-0.4, -0.2) is 35.7 Å². The van der Waals surface area contributed by atoms with Gasteiger partial charge in [0.2, 0.25) is 0 Å². The molecule has 0 radical (unpaired) electrons. The Morgan fingerprint density at radius 2 is 2.12 bits per heavy atom. The molecule has 1 aliphatic rings. The van der Waals surface area contributed by atoms with Gasteiger partial charge in [-0.15, -0.1) is 0 Å². The third-order valence-corrected chi connectivity index (χ3v) is 3.20. The van der Waals surface area contributed by atoms with E-state index in [1.54, 1.807) is 4.90 Å². The molecule has 0 bridgehead atoms. The van der Waals surface area contributed by atoms with Crippen molar-refractivity contribution in [1.29, 1.82) is 0 Å². The zero-order chi connectivity index (χ0) is 12.3. The van der Waals surface area contributed by atoms with Crippen LogP contribution in [0.3, 0.4) is 0 Å². The molecule has 1 unspecified atom stereocenters. The van der Waals surface area contributed by atoms with Gasteiger partial charge in [0.05, 0.1) is 12.6 Å². The first-order valence-electron chi connectivity index (χ1n) is 6.00. The van der Waals surface area contributed by atoms with Crippen LogP contribution in [0.2, 0.25) is 0 Å². The number of carbonyl (C=O) groups excluding carboxylic acids is 1. The highest BCUT2D eigenvalue weighted by Crippen LogP contribution is 2.24. The van der Waals surface area contributed by atoms with E-state index in [9.17, 15) is 4.79 Å². The minimum Gasteiger partial charge on any atom is -0.395 e. The minimum absolute atomic E-state index is 0.00301. The molecule has 4 heteroatoms. The van der Waals surface area contributed by atoms with Gasteiger partial charge in [-0.25, -0.2) is 4.79 Å². The fourth-order valence-electron chi connectivity index (χ4n) is 2.18. The molecule has 1 saturated heterocycles. The van der Waals surface area contributed by atoms with E-state index in [0.29, 0.717) is 13.1 Å². The summed E-state index contributed by atoms with van der Waals surface area (Å²) in [4.78, 5) is 13.3. The lowest BCUT2D eigenvalue weighted by Crippen LogP contribution is -2.32. The van der Waals surface area contributed by atoms with Crippen LogP contribution in [0.1, 0.15) is 24.1 Å². The van der Waals surface area contributed by atoms with Gasteiger partial charge in [0.15, 0.2) is 0 Å². The first-order valence-corrected chi connectivity index (χ1v) is 6.00. The maximum Gasteiger partial charge on any atom is 0.318 e. The highest BCUT2D eigenvalue weighted by molar-refractivity contribution is 5.77. The topological polar surface area (TPSA) is 52.6 Å². The summed E-state index contributed by atoms with van der Waals surface area (Å²) in [6.45, 7) is 3.11. The van der Waals surface area contributed by atoms with Crippen molar-refractivity contribution in [3.8, 4) is 0 Å². The average molecular weight is 234 g/mol. The van der Waals surface area contributed by atoms with E-state index in [-0.39, 0.29) is 18.7 Å². The molecule has 2 amide bonds. The van der Waals surface area contributed by atoms with E-state index in [4.69, 9.17) is 5.11 Å². The smallest absolute Gasteiger partial charge is 0.318 e. The summed E-state index contributed by atoms with van der Waals surface area (Å²) in [7, 11) is 0. The van der Waals surface area contributed by atoms with Gasteiger partial charge < -0.3 is 15.3 Å². The molecule has 2 N–H and O–H groups in total. The molecule has 2 rings (SSSR count). The summed E-state index contributed by atoms with van der Waals surface area (Å²) in [5, 5.41) is 11.8. The van der Waals surface area contributed by atoms with Crippen molar-refractivity contribution in [1.82, 2.24) is 10.2 Å². The summed E-state index contributed by atoms with van der Waals surface area (Å²) < 4.78 is 0. The zero-order valence-corrected chi connectivity index (χ0v) is 10.0. The van der Waals surface area contributed by atoms with E-state index in [1.807, 2.05) is 0 Å². The first kappa shape index (κ1) is 11.9. The molecule has 1 aliphatic heterocycles. The fraction of sp³-hybridized carbons (Fsp3) is 0.462. The van der Waals surface area contributed by atoms with Crippen LogP contribution < -0.4 is 5.32 Å². The molecular formula is C13H18N2O2. The zero-order valence-electron chi connectivity index (χ0n) is 10.0. The molecule has 1 aromatic rings. The predicted molar refractivity (Wildman–Crippen MR) is 65.8 cm³/mol. The molecule has 0 saturated carbocycles. The van der Waals surface area contributed by atoms with Crippen molar-refractivity contribution in [2.75, 3.05) is 19.7 Å². The summed E-state index contributed by atoms with van der Waals surface area (Å²) >= 11 is 0. The molecule has 0 spiro atoms. The van der Waals surface area contributed by atoms with Gasteiger partial charge in [0.1, 0.15) is 0 Å². The molecular weight excluding hydrogens is 216 g/mol. The summed E-state index contributed by atoms with van der Waals surface area (Å²) in [5.74, 6) is 0. The second-order valence-corrected chi connectivity index (χ2v) is 4.21. The lowest BCUT2D eigenvalue weighted by molar-refractivity contribution is 0.179. The maximum absolute atomic E-state index is 11.6. The number of urea groups is 1. The van der Waals surface area contributed by atoms with Crippen molar-refractivity contribution < 1.29 is 9.90 Å². The van der Waals surface area contributed by atoms with E-state index in [2.05, 4.69) is 36.5 Å². The van der Waals surface area contributed by atoms with E-state index >= 15 is 0 Å². The number of aryl methyl sites for hydroxylation is 1. The molecule has 1 heterocycles. The third-order valence-electron chi connectivity index (χ3n) is 3.20. The van der Waals surface area contributed by atoms with E-state index < -0.39 is 0 Å². The molecule has 0 aliphatic carbocycles. The number of rotatable bonds is 4. The SMILES string of the molecule is CCc1ccc(C2CNC(=O)N2CCO)cc1. The van der Waals surface area contributed by atoms with Crippen LogP contribution in [-0.2, 0) is 6.42 Å². The van der Waals surface area contributed by atoms with Crippen molar-refractivity contribution in [2.24, 2.45) is 0 Å². The van der Waals surface area contributed by atoms with E-state index in [0.717, 1.165) is 12.0 Å². The second-order valence-electron chi connectivity index (χ2n) is 4.21. The Morgan fingerprint density at radius 3 is 2.71 bits per heavy atom. The van der Waals surface area contributed by atoms with Crippen molar-refractivity contribution in [3.63, 3.8) is 0 Å². The highest BCUT2D eigenvalue weighted by atomic mass is 16.3. The predicted octanol–water partition coefficient (Wildman–Crippen LogP) is 1.31. The van der Waals surface area contributed by atoms with E-state index in [1.165, 1.54) is 5.56 Å². The van der Waals surface area contributed by atoms with Crippen LogP contribution in [0.25, 0.3) is 0 Å². The Balaban J connectivity index is 2.17. The molecule has 1 aromatic carbocycles. The Hall–Kier alpha value is -1.55. The van der Waals surface area contributed by atoms with Gasteiger partial charge >= 0.3 is 6.03 Å². The van der Waals surface area contributed by atoms with Crippen LogP contribution in [0, 0.1) is 0 Å². The number of amides is 2. The lowest BCUT2D eigenvalue weighted by atomic mass is 10.0. The van der Waals surface area contributed by atoms with Crippen molar-refractivity contribution in [2.45, 2.75) is 19.4 Å². The average Bonchev–Trinajstić information content (AvgIpc) is 2.72. The number of β-amino-alcohol motifs (C(OH)–C–C–N with tert-alkyl or cyclic N) is 1. The monoisotopic (exact) mass is 234 g/mol. The van der Waals surface area contributed by atoms with Crippen LogP contribution in [0.15, 0.2) is 24.3 Å². The van der Waals surface area contributed by atoms with Crippen molar-refractivity contribution in [3.05, 3.63) is 35.4 Å². The Bertz CT molecular complexity index is 389. The second kappa shape index (κ2) is 5.19. The van der Waals surface area contributed by atoms with Gasteiger partial charge in [-0.2, -0.15) is 0 Å². The Kier molecular flexibility index (Phi) is 3.64. The van der Waals surface area contributed by atoms with Crippen LogP contribution >= 0.6 is 0 Å². The van der Waals surface area contributed by atoms with Gasteiger partial charge in [-0.3, -0.25) is 0 Å².